The zero-order valence-electron chi connectivity index (χ0n) is 15.9. The van der Waals surface area contributed by atoms with Crippen LogP contribution < -0.4 is 20.1 Å². The lowest BCUT2D eigenvalue weighted by molar-refractivity contribution is 0.242. The minimum atomic E-state index is 0.108. The van der Waals surface area contributed by atoms with E-state index >= 15 is 0 Å². The van der Waals surface area contributed by atoms with Crippen molar-refractivity contribution in [2.45, 2.75) is 26.5 Å². The van der Waals surface area contributed by atoms with Gasteiger partial charge in [-0.05, 0) is 50.3 Å². The van der Waals surface area contributed by atoms with Gasteiger partial charge in [-0.25, -0.2) is 0 Å². The van der Waals surface area contributed by atoms with Gasteiger partial charge in [-0.1, -0.05) is 23.4 Å². The summed E-state index contributed by atoms with van der Waals surface area (Å²) in [7, 11) is 1.61. The van der Waals surface area contributed by atoms with E-state index in [2.05, 4.69) is 20.8 Å². The van der Waals surface area contributed by atoms with Crippen molar-refractivity contribution >= 4 is 23.0 Å². The van der Waals surface area contributed by atoms with Gasteiger partial charge in [0.15, 0.2) is 5.11 Å². The normalized spacial score (nSPS) is 10.6. The molecule has 3 aromatic rings. The molecule has 0 fully saturated rings. The Balaban J connectivity index is 1.56. The predicted octanol–water partition coefficient (Wildman–Crippen LogP) is 4.02. The lowest BCUT2D eigenvalue weighted by atomic mass is 10.2. The third-order valence-electron chi connectivity index (χ3n) is 3.66. The number of ether oxygens (including phenoxy) is 2. The maximum absolute atomic E-state index is 5.68. The molecule has 0 radical (unpaired) electrons. The van der Waals surface area contributed by atoms with Crippen LogP contribution in [-0.2, 0) is 6.54 Å². The molecule has 0 unspecified atom stereocenters. The largest absolute Gasteiger partial charge is 0.497 e. The summed E-state index contributed by atoms with van der Waals surface area (Å²) in [5, 5.41) is 10.6. The van der Waals surface area contributed by atoms with E-state index in [1.807, 2.05) is 62.4 Å². The van der Waals surface area contributed by atoms with Crippen LogP contribution in [0.3, 0.4) is 0 Å². The van der Waals surface area contributed by atoms with Crippen molar-refractivity contribution in [3.63, 3.8) is 0 Å². The molecule has 146 valence electrons. The summed E-state index contributed by atoms with van der Waals surface area (Å²) in [5.74, 6) is 2.44. The maximum Gasteiger partial charge on any atom is 0.246 e. The molecule has 28 heavy (non-hydrogen) atoms. The number of rotatable bonds is 7. The monoisotopic (exact) mass is 398 g/mol. The summed E-state index contributed by atoms with van der Waals surface area (Å²) in [6.07, 6.45) is 0.108. The third kappa shape index (κ3) is 5.43. The van der Waals surface area contributed by atoms with E-state index < -0.39 is 0 Å². The molecular weight excluding hydrogens is 376 g/mol. The molecule has 0 aliphatic heterocycles. The first-order valence-electron chi connectivity index (χ1n) is 8.82. The number of anilines is 1. The van der Waals surface area contributed by atoms with Gasteiger partial charge in [0, 0.05) is 17.3 Å². The first kappa shape index (κ1) is 19.6. The number of thiocarbonyl (C=S) groups is 1. The molecule has 0 aliphatic rings. The highest BCUT2D eigenvalue weighted by Gasteiger charge is 2.10. The summed E-state index contributed by atoms with van der Waals surface area (Å²) in [6, 6.07) is 15.1. The van der Waals surface area contributed by atoms with E-state index in [-0.39, 0.29) is 6.10 Å². The molecule has 7 nitrogen and oxygen atoms in total. The second-order valence-corrected chi connectivity index (χ2v) is 6.65. The van der Waals surface area contributed by atoms with Gasteiger partial charge in [0.25, 0.3) is 0 Å². The average molecular weight is 398 g/mol. The van der Waals surface area contributed by atoms with E-state index in [1.165, 1.54) is 0 Å². The van der Waals surface area contributed by atoms with Crippen molar-refractivity contribution in [2.75, 3.05) is 12.4 Å². The van der Waals surface area contributed by atoms with E-state index in [1.54, 1.807) is 7.11 Å². The Morgan fingerprint density at radius 1 is 1.14 bits per heavy atom. The van der Waals surface area contributed by atoms with Crippen LogP contribution in [0, 0.1) is 0 Å². The van der Waals surface area contributed by atoms with Gasteiger partial charge >= 0.3 is 0 Å². The van der Waals surface area contributed by atoms with Crippen LogP contribution in [0.25, 0.3) is 11.4 Å². The highest BCUT2D eigenvalue weighted by atomic mass is 32.1. The Morgan fingerprint density at radius 3 is 2.71 bits per heavy atom. The lowest BCUT2D eigenvalue weighted by Gasteiger charge is -2.12. The van der Waals surface area contributed by atoms with Crippen LogP contribution in [0.2, 0.25) is 0 Å². The highest BCUT2D eigenvalue weighted by Crippen LogP contribution is 2.21. The second-order valence-electron chi connectivity index (χ2n) is 6.25. The number of benzene rings is 2. The summed E-state index contributed by atoms with van der Waals surface area (Å²) in [4.78, 5) is 4.38. The molecule has 8 heteroatoms. The van der Waals surface area contributed by atoms with Gasteiger partial charge in [-0.15, -0.1) is 0 Å². The molecule has 0 bridgehead atoms. The fourth-order valence-electron chi connectivity index (χ4n) is 2.46. The van der Waals surface area contributed by atoms with Crippen molar-refractivity contribution in [2.24, 2.45) is 0 Å². The third-order valence-corrected chi connectivity index (χ3v) is 3.91. The van der Waals surface area contributed by atoms with Crippen molar-refractivity contribution in [3.05, 3.63) is 54.4 Å². The fraction of sp³-hybridized carbons (Fsp3) is 0.250. The number of methoxy groups -OCH3 is 1. The number of nitrogens with one attached hydrogen (secondary N) is 2. The Bertz CT molecular complexity index is 942. The molecule has 3 rings (SSSR count). The smallest absolute Gasteiger partial charge is 0.246 e. The van der Waals surface area contributed by atoms with Crippen LogP contribution in [0.4, 0.5) is 5.69 Å². The summed E-state index contributed by atoms with van der Waals surface area (Å²) in [5.41, 5.74) is 1.65. The summed E-state index contributed by atoms with van der Waals surface area (Å²) in [6.45, 7) is 4.28. The number of hydrogen-bond acceptors (Lipinski definition) is 6. The second kappa shape index (κ2) is 9.18. The average Bonchev–Trinajstić information content (AvgIpc) is 3.15. The molecule has 0 atom stereocenters. The first-order chi connectivity index (χ1) is 13.5. The zero-order chi connectivity index (χ0) is 19.9. The van der Waals surface area contributed by atoms with Gasteiger partial charge in [0.1, 0.15) is 11.5 Å². The van der Waals surface area contributed by atoms with E-state index in [4.69, 9.17) is 26.2 Å². The van der Waals surface area contributed by atoms with Gasteiger partial charge in [-0.2, -0.15) is 4.98 Å². The summed E-state index contributed by atoms with van der Waals surface area (Å²) >= 11 is 5.33. The molecule has 2 aromatic carbocycles. The Hall–Kier alpha value is -3.13. The van der Waals surface area contributed by atoms with Crippen LogP contribution in [0.1, 0.15) is 19.7 Å². The Labute approximate surface area is 169 Å². The maximum atomic E-state index is 5.68. The Kier molecular flexibility index (Phi) is 6.44. The molecule has 0 amide bonds. The molecular formula is C20H22N4O3S. The SMILES string of the molecule is COc1cccc(-c2noc(CNC(=S)Nc3cccc(OC(C)C)c3)n2)c1. The zero-order valence-corrected chi connectivity index (χ0v) is 16.7. The minimum Gasteiger partial charge on any atom is -0.497 e. The molecule has 2 N–H and O–H groups in total. The lowest BCUT2D eigenvalue weighted by Crippen LogP contribution is -2.28. The number of nitrogens with zero attached hydrogens (tertiary/aromatic N) is 2. The quantitative estimate of drug-likeness (QED) is 0.578. The van der Waals surface area contributed by atoms with Crippen molar-refractivity contribution in [1.82, 2.24) is 15.5 Å². The standard InChI is InChI=1S/C20H22N4O3S/c1-13(2)26-17-9-5-7-15(11-17)22-20(28)21-12-18-23-19(24-27-18)14-6-4-8-16(10-14)25-3/h4-11,13H,12H2,1-3H3,(H2,21,22,28). The van der Waals surface area contributed by atoms with Gasteiger partial charge in [0.2, 0.25) is 11.7 Å². The topological polar surface area (TPSA) is 81.4 Å². The molecule has 0 spiro atoms. The molecule has 0 saturated carbocycles. The first-order valence-corrected chi connectivity index (χ1v) is 9.23. The summed E-state index contributed by atoms with van der Waals surface area (Å²) < 4.78 is 16.2. The van der Waals surface area contributed by atoms with Crippen LogP contribution >= 0.6 is 12.2 Å². The van der Waals surface area contributed by atoms with Gasteiger partial charge < -0.3 is 24.6 Å². The number of hydrogen-bond donors (Lipinski definition) is 2. The molecule has 0 aliphatic carbocycles. The molecule has 0 saturated heterocycles. The van der Waals surface area contributed by atoms with Crippen molar-refractivity contribution < 1.29 is 14.0 Å². The number of aromatic nitrogens is 2. The fourth-order valence-corrected chi connectivity index (χ4v) is 2.65. The van der Waals surface area contributed by atoms with Crippen LogP contribution in [0.15, 0.2) is 53.1 Å². The van der Waals surface area contributed by atoms with Crippen LogP contribution in [-0.4, -0.2) is 28.5 Å². The van der Waals surface area contributed by atoms with Crippen molar-refractivity contribution in [1.29, 1.82) is 0 Å². The molecule has 1 aromatic heterocycles. The predicted molar refractivity (Wildman–Crippen MR) is 112 cm³/mol. The van der Waals surface area contributed by atoms with E-state index in [0.29, 0.717) is 23.4 Å². The van der Waals surface area contributed by atoms with E-state index in [9.17, 15) is 0 Å². The van der Waals surface area contributed by atoms with Crippen molar-refractivity contribution in [3.8, 4) is 22.9 Å². The Morgan fingerprint density at radius 2 is 1.93 bits per heavy atom. The highest BCUT2D eigenvalue weighted by molar-refractivity contribution is 7.80. The minimum absolute atomic E-state index is 0.108. The molecule has 1 heterocycles. The van der Waals surface area contributed by atoms with E-state index in [0.717, 1.165) is 22.7 Å². The van der Waals surface area contributed by atoms with Gasteiger partial charge in [-0.3, -0.25) is 0 Å². The van der Waals surface area contributed by atoms with Gasteiger partial charge in [0.05, 0.1) is 19.8 Å². The van der Waals surface area contributed by atoms with Crippen LogP contribution in [0.5, 0.6) is 11.5 Å².